The number of nitrogens with one attached hydrogen (secondary N) is 1. The van der Waals surface area contributed by atoms with Crippen molar-refractivity contribution in [3.63, 3.8) is 0 Å². The molecule has 1 amide bonds. The number of rotatable bonds is 7. The Kier molecular flexibility index (Phi) is 7.87. The van der Waals surface area contributed by atoms with E-state index in [0.717, 1.165) is 32.0 Å². The molecule has 0 radical (unpaired) electrons. The van der Waals surface area contributed by atoms with Gasteiger partial charge in [-0.1, -0.05) is 41.6 Å². The summed E-state index contributed by atoms with van der Waals surface area (Å²) in [5.41, 5.74) is 1.75. The number of benzene rings is 2. The number of aromatic nitrogens is 2. The average molecular weight is 498 g/mol. The minimum Gasteiger partial charge on any atom is -0.465 e. The molecule has 2 aromatic carbocycles. The van der Waals surface area contributed by atoms with Crippen LogP contribution in [0.3, 0.4) is 0 Å². The lowest BCUT2D eigenvalue weighted by molar-refractivity contribution is -0.113. The van der Waals surface area contributed by atoms with Crippen LogP contribution in [0, 0.1) is 0 Å². The molecule has 0 atom stereocenters. The molecule has 2 heterocycles. The summed E-state index contributed by atoms with van der Waals surface area (Å²) < 4.78 is 4.78. The van der Waals surface area contributed by atoms with Crippen LogP contribution in [0.5, 0.6) is 0 Å². The van der Waals surface area contributed by atoms with E-state index >= 15 is 0 Å². The predicted octanol–water partition coefficient (Wildman–Crippen LogP) is 3.97. The number of carbonyl (C=O) groups is 2. The number of nitrogens with zero attached hydrogens (tertiary/aromatic N) is 4. The summed E-state index contributed by atoms with van der Waals surface area (Å²) in [7, 11) is 1.28. The highest BCUT2D eigenvalue weighted by atomic mass is 35.5. The number of amides is 1. The molecule has 0 bridgehead atoms. The van der Waals surface area contributed by atoms with Gasteiger partial charge in [0.1, 0.15) is 5.03 Å². The summed E-state index contributed by atoms with van der Waals surface area (Å²) in [6, 6.07) is 15.0. The van der Waals surface area contributed by atoms with Crippen LogP contribution in [0.1, 0.15) is 10.4 Å². The fraction of sp³-hybridized carbons (Fsp3) is 0.250. The minimum absolute atomic E-state index is 0.110. The van der Waals surface area contributed by atoms with Crippen molar-refractivity contribution < 1.29 is 14.3 Å². The first-order valence-corrected chi connectivity index (χ1v) is 12.1. The van der Waals surface area contributed by atoms with E-state index in [-0.39, 0.29) is 17.2 Å². The van der Waals surface area contributed by atoms with Crippen molar-refractivity contribution in [2.75, 3.05) is 54.2 Å². The molecule has 1 aromatic heterocycles. The number of esters is 1. The van der Waals surface area contributed by atoms with E-state index in [4.69, 9.17) is 16.3 Å². The van der Waals surface area contributed by atoms with Crippen LogP contribution >= 0.6 is 23.4 Å². The molecule has 1 saturated heterocycles. The first kappa shape index (κ1) is 23.8. The van der Waals surface area contributed by atoms with Gasteiger partial charge in [0.15, 0.2) is 5.82 Å². The molecule has 1 N–H and O–H groups in total. The number of ether oxygens (including phenoxy) is 1. The van der Waals surface area contributed by atoms with Crippen LogP contribution in [0.2, 0.25) is 5.02 Å². The van der Waals surface area contributed by atoms with E-state index < -0.39 is 5.97 Å². The summed E-state index contributed by atoms with van der Waals surface area (Å²) in [4.78, 5) is 38.2. The van der Waals surface area contributed by atoms with E-state index in [0.29, 0.717) is 15.7 Å². The average Bonchev–Trinajstić information content (AvgIpc) is 2.89. The highest BCUT2D eigenvalue weighted by molar-refractivity contribution is 8.00. The Labute approximate surface area is 207 Å². The summed E-state index contributed by atoms with van der Waals surface area (Å²) in [5, 5.41) is 3.83. The van der Waals surface area contributed by atoms with Gasteiger partial charge < -0.3 is 19.9 Å². The minimum atomic E-state index is -0.573. The van der Waals surface area contributed by atoms with Crippen molar-refractivity contribution in [1.82, 2.24) is 9.97 Å². The molecule has 0 spiro atoms. The van der Waals surface area contributed by atoms with Crippen molar-refractivity contribution in [2.45, 2.75) is 5.03 Å². The third-order valence-electron chi connectivity index (χ3n) is 5.35. The summed E-state index contributed by atoms with van der Waals surface area (Å²) in [5.74, 6) is 0.0351. The molecule has 1 fully saturated rings. The van der Waals surface area contributed by atoms with E-state index in [9.17, 15) is 9.59 Å². The zero-order valence-electron chi connectivity index (χ0n) is 18.6. The highest BCUT2D eigenvalue weighted by Gasteiger charge is 2.22. The number of carbonyl (C=O) groups excluding carboxylic acids is 2. The largest absolute Gasteiger partial charge is 0.465 e. The molecule has 4 rings (SSSR count). The lowest BCUT2D eigenvalue weighted by Gasteiger charge is -2.37. The van der Waals surface area contributed by atoms with Gasteiger partial charge in [-0.2, -0.15) is 0 Å². The van der Waals surface area contributed by atoms with Gasteiger partial charge in [0.2, 0.25) is 5.91 Å². The molecule has 10 heteroatoms. The van der Waals surface area contributed by atoms with Crippen molar-refractivity contribution >= 4 is 52.4 Å². The zero-order chi connectivity index (χ0) is 23.9. The van der Waals surface area contributed by atoms with Crippen molar-refractivity contribution in [3.05, 3.63) is 71.5 Å². The molecule has 34 heavy (non-hydrogen) atoms. The van der Waals surface area contributed by atoms with Gasteiger partial charge in [-0.05, 0) is 30.3 Å². The van der Waals surface area contributed by atoms with Gasteiger partial charge in [0.25, 0.3) is 0 Å². The first-order valence-electron chi connectivity index (χ1n) is 10.7. The standard InChI is InChI=1S/C24H24ClN5O3S/c1-33-24(32)19-15-17(25)7-8-20(19)28-21(31)16-34-23-22(26-9-10-27-23)30-13-11-29(12-14-30)18-5-3-2-4-6-18/h2-10,15H,11-14,16H2,1H3,(H,28,31). The number of piperazine rings is 1. The maximum Gasteiger partial charge on any atom is 0.340 e. The fourth-order valence-electron chi connectivity index (χ4n) is 3.68. The lowest BCUT2D eigenvalue weighted by atomic mass is 10.2. The van der Waals surface area contributed by atoms with Gasteiger partial charge >= 0.3 is 5.97 Å². The zero-order valence-corrected chi connectivity index (χ0v) is 20.2. The number of methoxy groups -OCH3 is 1. The Morgan fingerprint density at radius 1 is 1.03 bits per heavy atom. The fourth-order valence-corrected chi connectivity index (χ4v) is 4.63. The third kappa shape index (κ3) is 5.78. The van der Waals surface area contributed by atoms with E-state index in [1.807, 2.05) is 18.2 Å². The number of para-hydroxylation sites is 1. The third-order valence-corrected chi connectivity index (χ3v) is 6.55. The van der Waals surface area contributed by atoms with Crippen LogP contribution < -0.4 is 15.1 Å². The number of thioether (sulfide) groups is 1. The Morgan fingerprint density at radius 3 is 2.47 bits per heavy atom. The summed E-state index contributed by atoms with van der Waals surface area (Å²) in [6.45, 7) is 3.36. The number of halogens is 1. The second kappa shape index (κ2) is 11.2. The smallest absolute Gasteiger partial charge is 0.340 e. The lowest BCUT2D eigenvalue weighted by Crippen LogP contribution is -2.47. The maximum atomic E-state index is 12.6. The SMILES string of the molecule is COC(=O)c1cc(Cl)ccc1NC(=O)CSc1nccnc1N1CCN(c2ccccc2)CC1. The Balaban J connectivity index is 1.38. The maximum absolute atomic E-state index is 12.6. The second-order valence-corrected chi connectivity index (χ2v) is 8.91. The van der Waals surface area contributed by atoms with Gasteiger partial charge in [-0.25, -0.2) is 14.8 Å². The van der Waals surface area contributed by atoms with Gasteiger partial charge in [-0.15, -0.1) is 0 Å². The Hall–Kier alpha value is -3.30. The van der Waals surface area contributed by atoms with Crippen LogP contribution in [-0.2, 0) is 9.53 Å². The van der Waals surface area contributed by atoms with Gasteiger partial charge in [0.05, 0.1) is 24.1 Å². The molecule has 0 unspecified atom stereocenters. The Morgan fingerprint density at radius 2 is 1.74 bits per heavy atom. The van der Waals surface area contributed by atoms with Crippen molar-refractivity contribution in [2.24, 2.45) is 0 Å². The van der Waals surface area contributed by atoms with Gasteiger partial charge in [-0.3, -0.25) is 4.79 Å². The molecular weight excluding hydrogens is 474 g/mol. The van der Waals surface area contributed by atoms with E-state index in [1.165, 1.54) is 30.6 Å². The summed E-state index contributed by atoms with van der Waals surface area (Å²) in [6.07, 6.45) is 3.29. The number of hydrogen-bond acceptors (Lipinski definition) is 8. The molecule has 1 aliphatic rings. The van der Waals surface area contributed by atoms with E-state index in [2.05, 4.69) is 37.2 Å². The predicted molar refractivity (Wildman–Crippen MR) is 135 cm³/mol. The van der Waals surface area contributed by atoms with Crippen LogP contribution in [0.15, 0.2) is 66.0 Å². The number of anilines is 3. The quantitative estimate of drug-likeness (QED) is 0.387. The molecular formula is C24H24ClN5O3S. The number of hydrogen-bond donors (Lipinski definition) is 1. The second-order valence-electron chi connectivity index (χ2n) is 7.51. The van der Waals surface area contributed by atoms with Crippen molar-refractivity contribution in [3.8, 4) is 0 Å². The molecule has 0 saturated carbocycles. The molecule has 1 aliphatic heterocycles. The topological polar surface area (TPSA) is 87.7 Å². The molecule has 0 aliphatic carbocycles. The molecule has 8 nitrogen and oxygen atoms in total. The monoisotopic (exact) mass is 497 g/mol. The molecule has 176 valence electrons. The highest BCUT2D eigenvalue weighted by Crippen LogP contribution is 2.28. The van der Waals surface area contributed by atoms with Crippen LogP contribution in [-0.4, -0.2) is 60.9 Å². The molecule has 3 aromatic rings. The normalized spacial score (nSPS) is 13.5. The summed E-state index contributed by atoms with van der Waals surface area (Å²) >= 11 is 7.29. The van der Waals surface area contributed by atoms with Crippen LogP contribution in [0.4, 0.5) is 17.2 Å². The first-order chi connectivity index (χ1) is 16.5. The van der Waals surface area contributed by atoms with Crippen molar-refractivity contribution in [1.29, 1.82) is 0 Å². The van der Waals surface area contributed by atoms with Crippen LogP contribution in [0.25, 0.3) is 0 Å². The Bertz CT molecular complexity index is 1160. The van der Waals surface area contributed by atoms with E-state index in [1.54, 1.807) is 24.5 Å². The van der Waals surface area contributed by atoms with Gasteiger partial charge in [0, 0.05) is 49.3 Å².